The summed E-state index contributed by atoms with van der Waals surface area (Å²) in [6, 6.07) is 8.23. The zero-order valence-electron chi connectivity index (χ0n) is 14.8. The number of aromatic nitrogens is 2. The highest BCUT2D eigenvalue weighted by Crippen LogP contribution is 2.23. The molecule has 0 saturated heterocycles. The van der Waals surface area contributed by atoms with Crippen LogP contribution in [0, 0.1) is 0 Å². The molecule has 0 amide bonds. The SMILES string of the molecule is CN(C)Cn1ncc(OCc2ccc(C(C)(C)C)cc2)c(Cl)c1=O. The molecule has 2 rings (SSSR count). The normalized spacial score (nSPS) is 11.8. The minimum Gasteiger partial charge on any atom is -0.485 e. The average Bonchev–Trinajstić information content (AvgIpc) is 2.50. The van der Waals surface area contributed by atoms with E-state index in [0.29, 0.717) is 19.0 Å². The molecule has 0 unspecified atom stereocenters. The molecule has 130 valence electrons. The van der Waals surface area contributed by atoms with Gasteiger partial charge in [0, 0.05) is 0 Å². The van der Waals surface area contributed by atoms with Gasteiger partial charge in [0.15, 0.2) is 10.8 Å². The molecule has 0 radical (unpaired) electrons. The van der Waals surface area contributed by atoms with Crippen molar-refractivity contribution in [3.8, 4) is 5.75 Å². The van der Waals surface area contributed by atoms with E-state index >= 15 is 0 Å². The third kappa shape index (κ3) is 4.58. The van der Waals surface area contributed by atoms with E-state index in [2.05, 4.69) is 38.0 Å². The summed E-state index contributed by atoms with van der Waals surface area (Å²) >= 11 is 6.12. The minimum atomic E-state index is -0.356. The fraction of sp³-hybridized carbons (Fsp3) is 0.444. The van der Waals surface area contributed by atoms with Crippen LogP contribution >= 0.6 is 11.6 Å². The van der Waals surface area contributed by atoms with Crippen molar-refractivity contribution in [1.29, 1.82) is 0 Å². The highest BCUT2D eigenvalue weighted by Gasteiger charge is 2.14. The summed E-state index contributed by atoms with van der Waals surface area (Å²) in [6.45, 7) is 7.22. The molecule has 0 fully saturated rings. The monoisotopic (exact) mass is 349 g/mol. The Balaban J connectivity index is 2.09. The Kier molecular flexibility index (Phi) is 5.67. The van der Waals surface area contributed by atoms with Crippen LogP contribution in [0.4, 0.5) is 0 Å². The third-order valence-electron chi connectivity index (χ3n) is 3.58. The molecule has 0 bridgehead atoms. The van der Waals surface area contributed by atoms with Crippen LogP contribution in [-0.4, -0.2) is 28.8 Å². The van der Waals surface area contributed by atoms with E-state index in [1.54, 1.807) is 0 Å². The minimum absolute atomic E-state index is 0.0539. The van der Waals surface area contributed by atoms with Gasteiger partial charge >= 0.3 is 0 Å². The molecule has 0 spiro atoms. The Morgan fingerprint density at radius 2 is 1.83 bits per heavy atom. The van der Waals surface area contributed by atoms with Gasteiger partial charge < -0.3 is 4.74 Å². The van der Waals surface area contributed by atoms with Gasteiger partial charge in [0.05, 0.1) is 12.9 Å². The smallest absolute Gasteiger partial charge is 0.290 e. The van der Waals surface area contributed by atoms with E-state index in [9.17, 15) is 4.79 Å². The van der Waals surface area contributed by atoms with Gasteiger partial charge in [-0.25, -0.2) is 4.68 Å². The first-order chi connectivity index (χ1) is 11.2. The van der Waals surface area contributed by atoms with Crippen LogP contribution in [0.15, 0.2) is 35.3 Å². The summed E-state index contributed by atoms with van der Waals surface area (Å²) < 4.78 is 6.97. The van der Waals surface area contributed by atoms with Crippen molar-refractivity contribution in [2.24, 2.45) is 0 Å². The predicted molar refractivity (Wildman–Crippen MR) is 96.7 cm³/mol. The molecule has 0 aliphatic heterocycles. The van der Waals surface area contributed by atoms with Crippen molar-refractivity contribution < 1.29 is 4.74 Å². The van der Waals surface area contributed by atoms with Crippen molar-refractivity contribution in [2.75, 3.05) is 14.1 Å². The summed E-state index contributed by atoms with van der Waals surface area (Å²) in [7, 11) is 3.71. The second-order valence-corrected chi connectivity index (χ2v) is 7.46. The molecule has 0 aliphatic rings. The molecule has 1 aromatic carbocycles. The predicted octanol–water partition coefficient (Wildman–Crippen LogP) is 3.29. The summed E-state index contributed by atoms with van der Waals surface area (Å²) in [6.07, 6.45) is 1.48. The Bertz CT molecular complexity index is 746. The molecular weight excluding hydrogens is 326 g/mol. The number of benzene rings is 1. The molecule has 5 nitrogen and oxygen atoms in total. The number of ether oxygens (including phenoxy) is 1. The second kappa shape index (κ2) is 7.36. The maximum atomic E-state index is 12.2. The lowest BCUT2D eigenvalue weighted by Gasteiger charge is -2.19. The van der Waals surface area contributed by atoms with E-state index < -0.39 is 0 Å². The molecule has 1 heterocycles. The van der Waals surface area contributed by atoms with E-state index in [0.717, 1.165) is 5.56 Å². The maximum absolute atomic E-state index is 12.2. The number of hydrogen-bond donors (Lipinski definition) is 0. The second-order valence-electron chi connectivity index (χ2n) is 7.08. The van der Waals surface area contributed by atoms with Crippen LogP contribution in [0.2, 0.25) is 5.02 Å². The Hall–Kier alpha value is -1.85. The first-order valence-electron chi connectivity index (χ1n) is 7.81. The Labute approximate surface area is 147 Å². The van der Waals surface area contributed by atoms with Crippen LogP contribution in [0.3, 0.4) is 0 Å². The largest absolute Gasteiger partial charge is 0.485 e. The molecular formula is C18H24ClN3O2. The molecule has 0 saturated carbocycles. The first kappa shape index (κ1) is 18.5. The van der Waals surface area contributed by atoms with Crippen LogP contribution in [0.5, 0.6) is 5.75 Å². The van der Waals surface area contributed by atoms with Crippen LogP contribution < -0.4 is 10.3 Å². The van der Waals surface area contributed by atoms with Crippen molar-refractivity contribution >= 4 is 11.6 Å². The van der Waals surface area contributed by atoms with Crippen LogP contribution in [0.25, 0.3) is 0 Å². The summed E-state index contributed by atoms with van der Waals surface area (Å²) in [5.74, 6) is 0.302. The summed E-state index contributed by atoms with van der Waals surface area (Å²) in [4.78, 5) is 14.0. The van der Waals surface area contributed by atoms with Gasteiger partial charge in [-0.2, -0.15) is 5.10 Å². The number of rotatable bonds is 5. The van der Waals surface area contributed by atoms with E-state index in [4.69, 9.17) is 16.3 Å². The van der Waals surface area contributed by atoms with Gasteiger partial charge in [-0.1, -0.05) is 56.6 Å². The van der Waals surface area contributed by atoms with Gasteiger partial charge in [0.2, 0.25) is 0 Å². The quantitative estimate of drug-likeness (QED) is 0.831. The number of nitrogens with zero attached hydrogens (tertiary/aromatic N) is 3. The van der Waals surface area contributed by atoms with Crippen molar-refractivity contribution in [3.63, 3.8) is 0 Å². The molecule has 0 N–H and O–H groups in total. The number of hydrogen-bond acceptors (Lipinski definition) is 4. The van der Waals surface area contributed by atoms with Gasteiger partial charge in [-0.3, -0.25) is 9.69 Å². The van der Waals surface area contributed by atoms with Gasteiger partial charge in [-0.15, -0.1) is 0 Å². The average molecular weight is 350 g/mol. The maximum Gasteiger partial charge on any atom is 0.290 e. The van der Waals surface area contributed by atoms with Gasteiger partial charge in [0.25, 0.3) is 5.56 Å². The molecule has 0 atom stereocenters. The van der Waals surface area contributed by atoms with Crippen molar-refractivity contribution in [3.05, 3.63) is 57.0 Å². The van der Waals surface area contributed by atoms with Gasteiger partial charge in [-0.05, 0) is 30.6 Å². The lowest BCUT2D eigenvalue weighted by atomic mass is 9.87. The molecule has 2 aromatic rings. The first-order valence-corrected chi connectivity index (χ1v) is 8.19. The van der Waals surface area contributed by atoms with E-state index in [1.807, 2.05) is 31.1 Å². The highest BCUT2D eigenvalue weighted by atomic mass is 35.5. The number of halogens is 1. The topological polar surface area (TPSA) is 47.4 Å². The fourth-order valence-corrected chi connectivity index (χ4v) is 2.38. The zero-order chi connectivity index (χ0) is 17.9. The zero-order valence-corrected chi connectivity index (χ0v) is 15.6. The lowest BCUT2D eigenvalue weighted by Crippen LogP contribution is -2.30. The van der Waals surface area contributed by atoms with Crippen LogP contribution in [-0.2, 0) is 18.7 Å². The van der Waals surface area contributed by atoms with Crippen molar-refractivity contribution in [2.45, 2.75) is 39.5 Å². The Morgan fingerprint density at radius 3 is 2.38 bits per heavy atom. The standard InChI is InChI=1S/C18H24ClN3O2/c1-18(2,3)14-8-6-13(7-9-14)11-24-15-10-20-22(12-21(4)5)17(23)16(15)19/h6-10H,11-12H2,1-5H3. The highest BCUT2D eigenvalue weighted by molar-refractivity contribution is 6.31. The molecule has 1 aromatic heterocycles. The molecule has 6 heteroatoms. The third-order valence-corrected chi connectivity index (χ3v) is 3.93. The fourth-order valence-electron chi connectivity index (χ4n) is 2.18. The van der Waals surface area contributed by atoms with Gasteiger partial charge in [0.1, 0.15) is 6.61 Å². The lowest BCUT2D eigenvalue weighted by molar-refractivity contribution is 0.283. The summed E-state index contributed by atoms with van der Waals surface area (Å²) in [5, 5.41) is 4.14. The van der Waals surface area contributed by atoms with Crippen LogP contribution in [0.1, 0.15) is 31.9 Å². The molecule has 0 aliphatic carbocycles. The van der Waals surface area contributed by atoms with Crippen molar-refractivity contribution in [1.82, 2.24) is 14.7 Å². The Morgan fingerprint density at radius 1 is 1.21 bits per heavy atom. The molecule has 24 heavy (non-hydrogen) atoms. The summed E-state index contributed by atoms with van der Waals surface area (Å²) in [5.41, 5.74) is 2.03. The van der Waals surface area contributed by atoms with E-state index in [-0.39, 0.29) is 16.0 Å². The van der Waals surface area contributed by atoms with E-state index in [1.165, 1.54) is 16.4 Å².